The van der Waals surface area contributed by atoms with Gasteiger partial charge in [0.25, 0.3) is 0 Å². The molecule has 0 unspecified atom stereocenters. The third-order valence-corrected chi connectivity index (χ3v) is 2.30. The van der Waals surface area contributed by atoms with Gasteiger partial charge in [0.05, 0.1) is 5.56 Å². The van der Waals surface area contributed by atoms with Gasteiger partial charge in [-0.1, -0.05) is 12.1 Å². The second-order valence-corrected chi connectivity index (χ2v) is 3.53. The van der Waals surface area contributed by atoms with E-state index in [0.717, 1.165) is 12.1 Å². The number of hydrogen-bond donors (Lipinski definition) is 0. The van der Waals surface area contributed by atoms with Gasteiger partial charge in [0.1, 0.15) is 0 Å². The van der Waals surface area contributed by atoms with Crippen LogP contribution in [-0.4, -0.2) is 0 Å². The van der Waals surface area contributed by atoms with Gasteiger partial charge < -0.3 is 5.21 Å². The summed E-state index contributed by atoms with van der Waals surface area (Å²) in [6.07, 6.45) is -1.87. The fraction of sp³-hybridized carbons (Fsp3) is 0.0833. The molecule has 1 aromatic carbocycles. The van der Waals surface area contributed by atoms with Crippen molar-refractivity contribution >= 4 is 0 Å². The Labute approximate surface area is 95.5 Å². The number of rotatable bonds is 1. The minimum Gasteiger partial charge on any atom is -0.619 e. The monoisotopic (exact) mass is 239 g/mol. The van der Waals surface area contributed by atoms with Gasteiger partial charge in [0.2, 0.25) is 0 Å². The molecule has 5 heteroatoms. The molecule has 0 atom stereocenters. The maximum absolute atomic E-state index is 12.5. The summed E-state index contributed by atoms with van der Waals surface area (Å²) >= 11 is 0. The van der Waals surface area contributed by atoms with E-state index in [0.29, 0.717) is 15.9 Å². The Bertz CT molecular complexity index is 537. The summed E-state index contributed by atoms with van der Waals surface area (Å²) in [6.45, 7) is 0. The van der Waals surface area contributed by atoms with E-state index in [1.807, 2.05) is 0 Å². The average Bonchev–Trinajstić information content (AvgIpc) is 2.28. The molecule has 0 radical (unpaired) electrons. The zero-order valence-electron chi connectivity index (χ0n) is 8.61. The minimum absolute atomic E-state index is 0.366. The van der Waals surface area contributed by atoms with Gasteiger partial charge in [0.15, 0.2) is 12.4 Å². The number of nitrogens with zero attached hydrogens (tertiary/aromatic N) is 1. The van der Waals surface area contributed by atoms with Crippen LogP contribution in [0.3, 0.4) is 0 Å². The molecule has 1 aromatic heterocycles. The lowest BCUT2D eigenvalue weighted by Crippen LogP contribution is -2.23. The van der Waals surface area contributed by atoms with Gasteiger partial charge in [-0.15, -0.1) is 0 Å². The lowest BCUT2D eigenvalue weighted by Gasteiger charge is -2.08. The highest BCUT2D eigenvalue weighted by Crippen LogP contribution is 2.31. The van der Waals surface area contributed by atoms with Crippen molar-refractivity contribution in [3.05, 3.63) is 59.6 Å². The van der Waals surface area contributed by atoms with E-state index in [1.54, 1.807) is 6.07 Å². The van der Waals surface area contributed by atoms with Crippen molar-refractivity contribution in [2.24, 2.45) is 0 Å². The maximum atomic E-state index is 12.5. The molecule has 0 amide bonds. The summed E-state index contributed by atoms with van der Waals surface area (Å²) in [7, 11) is 0. The number of aromatic nitrogens is 1. The molecule has 0 aliphatic rings. The lowest BCUT2D eigenvalue weighted by molar-refractivity contribution is -0.604. The zero-order valence-corrected chi connectivity index (χ0v) is 8.61. The SMILES string of the molecule is [O-][n+]1cccc(-c2cccc(C(F)(F)F)c2)c1. The van der Waals surface area contributed by atoms with Crippen LogP contribution in [0.5, 0.6) is 0 Å². The molecule has 0 aliphatic carbocycles. The predicted octanol–water partition coefficient (Wildman–Crippen LogP) is 3.01. The van der Waals surface area contributed by atoms with E-state index < -0.39 is 11.7 Å². The van der Waals surface area contributed by atoms with Gasteiger partial charge >= 0.3 is 6.18 Å². The highest BCUT2D eigenvalue weighted by Gasteiger charge is 2.30. The fourth-order valence-corrected chi connectivity index (χ4v) is 1.50. The van der Waals surface area contributed by atoms with Gasteiger partial charge in [-0.25, -0.2) is 0 Å². The smallest absolute Gasteiger partial charge is 0.416 e. The van der Waals surface area contributed by atoms with Crippen molar-refractivity contribution in [3.63, 3.8) is 0 Å². The highest BCUT2D eigenvalue weighted by molar-refractivity contribution is 5.62. The van der Waals surface area contributed by atoms with E-state index >= 15 is 0 Å². The molecule has 0 N–H and O–H groups in total. The van der Waals surface area contributed by atoms with Crippen LogP contribution in [0.2, 0.25) is 0 Å². The second-order valence-electron chi connectivity index (χ2n) is 3.53. The quantitative estimate of drug-likeness (QED) is 0.555. The van der Waals surface area contributed by atoms with Gasteiger partial charge in [-0.3, -0.25) is 0 Å². The van der Waals surface area contributed by atoms with Gasteiger partial charge in [-0.05, 0) is 23.8 Å². The van der Waals surface area contributed by atoms with Crippen molar-refractivity contribution in [1.29, 1.82) is 0 Å². The summed E-state index contributed by atoms with van der Waals surface area (Å²) in [5.74, 6) is 0. The van der Waals surface area contributed by atoms with Crippen molar-refractivity contribution in [1.82, 2.24) is 0 Å². The molecule has 0 fully saturated rings. The van der Waals surface area contributed by atoms with Crippen LogP contribution in [0.15, 0.2) is 48.8 Å². The Morgan fingerprint density at radius 1 is 1.00 bits per heavy atom. The van der Waals surface area contributed by atoms with E-state index in [2.05, 4.69) is 0 Å². The lowest BCUT2D eigenvalue weighted by atomic mass is 10.0. The van der Waals surface area contributed by atoms with E-state index in [9.17, 15) is 18.4 Å². The van der Waals surface area contributed by atoms with Crippen LogP contribution in [0.4, 0.5) is 13.2 Å². The Morgan fingerprint density at radius 3 is 2.35 bits per heavy atom. The summed E-state index contributed by atoms with van der Waals surface area (Å²) in [4.78, 5) is 0. The second kappa shape index (κ2) is 4.08. The summed E-state index contributed by atoms with van der Waals surface area (Å²) in [5.41, 5.74) is 0.0925. The third-order valence-electron chi connectivity index (χ3n) is 2.30. The predicted molar refractivity (Wildman–Crippen MR) is 55.8 cm³/mol. The Morgan fingerprint density at radius 2 is 1.71 bits per heavy atom. The fourth-order valence-electron chi connectivity index (χ4n) is 1.50. The van der Waals surface area contributed by atoms with Gasteiger partial charge in [0, 0.05) is 11.6 Å². The van der Waals surface area contributed by atoms with Crippen molar-refractivity contribution in [2.45, 2.75) is 6.18 Å². The minimum atomic E-state index is -4.38. The maximum Gasteiger partial charge on any atom is 0.416 e. The number of halogens is 3. The first-order chi connectivity index (χ1) is 7.97. The van der Waals surface area contributed by atoms with Crippen molar-refractivity contribution in [3.8, 4) is 11.1 Å². The highest BCUT2D eigenvalue weighted by atomic mass is 19.4. The Balaban J connectivity index is 2.47. The van der Waals surface area contributed by atoms with Crippen LogP contribution in [0.1, 0.15) is 5.56 Å². The van der Waals surface area contributed by atoms with Crippen LogP contribution >= 0.6 is 0 Å². The molecule has 0 saturated heterocycles. The normalized spacial score (nSPS) is 11.5. The van der Waals surface area contributed by atoms with Crippen LogP contribution in [-0.2, 0) is 6.18 Å². The molecule has 88 valence electrons. The zero-order chi connectivity index (χ0) is 12.5. The number of benzene rings is 1. The molecule has 1 heterocycles. The first-order valence-corrected chi connectivity index (χ1v) is 4.83. The van der Waals surface area contributed by atoms with E-state index in [4.69, 9.17) is 0 Å². The number of alkyl halides is 3. The molecule has 0 spiro atoms. The molecule has 17 heavy (non-hydrogen) atoms. The van der Waals surface area contributed by atoms with Gasteiger partial charge in [-0.2, -0.15) is 17.9 Å². The molecule has 2 rings (SSSR count). The molecule has 0 bridgehead atoms. The van der Waals surface area contributed by atoms with Crippen LogP contribution < -0.4 is 4.73 Å². The Hall–Kier alpha value is -2.04. The summed E-state index contributed by atoms with van der Waals surface area (Å²) in [5, 5.41) is 11.0. The molecule has 2 nitrogen and oxygen atoms in total. The Kier molecular flexibility index (Phi) is 2.75. The summed E-state index contributed by atoms with van der Waals surface area (Å²) < 4.78 is 38.0. The molecule has 0 aliphatic heterocycles. The van der Waals surface area contributed by atoms with Crippen LogP contribution in [0.25, 0.3) is 11.1 Å². The molecular weight excluding hydrogens is 231 g/mol. The standard InChI is InChI=1S/C12H8F3NO/c13-12(14,15)11-5-1-3-9(7-11)10-4-2-6-16(17)8-10/h1-8H. The molecule has 0 saturated carbocycles. The average molecular weight is 239 g/mol. The van der Waals surface area contributed by atoms with Crippen molar-refractivity contribution in [2.75, 3.05) is 0 Å². The number of hydrogen-bond acceptors (Lipinski definition) is 1. The summed E-state index contributed by atoms with van der Waals surface area (Å²) in [6, 6.07) is 7.95. The molecule has 2 aromatic rings. The largest absolute Gasteiger partial charge is 0.619 e. The van der Waals surface area contributed by atoms with E-state index in [-0.39, 0.29) is 0 Å². The van der Waals surface area contributed by atoms with Crippen LogP contribution in [0, 0.1) is 5.21 Å². The number of pyridine rings is 1. The van der Waals surface area contributed by atoms with Crippen molar-refractivity contribution < 1.29 is 17.9 Å². The molecular formula is C12H8F3NO. The third kappa shape index (κ3) is 2.55. The van der Waals surface area contributed by atoms with E-state index in [1.165, 1.54) is 30.6 Å². The first kappa shape index (κ1) is 11.4. The first-order valence-electron chi connectivity index (χ1n) is 4.83. The topological polar surface area (TPSA) is 26.9 Å².